The van der Waals surface area contributed by atoms with Crippen LogP contribution in [0.15, 0.2) is 48.8 Å². The molecule has 2 aliphatic heterocycles. The standard InChI is InChI=1S/C28H26N6/c1-2-6-23-19(5-1)9-10-20(11-12-21-17-31-27(33-21)25-7-3-15-29-25)24(23)14-13-22-18-32-28(34-22)26-8-4-16-30-26/h1-2,5-6,9-10,17-18,25-26,29-30H,3-4,7-8,15-16H2,(H,31,33)(H,32,34). The number of fused-ring (bicyclic) bond motifs is 1. The first kappa shape index (κ1) is 20.7. The van der Waals surface area contributed by atoms with Gasteiger partial charge in [0.2, 0.25) is 0 Å². The average Bonchev–Trinajstić information content (AvgIpc) is 3.69. The van der Waals surface area contributed by atoms with Crippen molar-refractivity contribution in [2.45, 2.75) is 37.8 Å². The van der Waals surface area contributed by atoms with E-state index in [1.165, 1.54) is 12.8 Å². The maximum atomic E-state index is 4.54. The first-order valence-electron chi connectivity index (χ1n) is 12.0. The Labute approximate surface area is 199 Å². The summed E-state index contributed by atoms with van der Waals surface area (Å²) < 4.78 is 0. The Morgan fingerprint density at radius 1 is 0.706 bits per heavy atom. The molecule has 168 valence electrons. The highest BCUT2D eigenvalue weighted by Gasteiger charge is 2.19. The Hall–Kier alpha value is -3.84. The molecule has 0 saturated carbocycles. The summed E-state index contributed by atoms with van der Waals surface area (Å²) in [6.07, 6.45) is 8.21. The fourth-order valence-electron chi connectivity index (χ4n) is 4.77. The molecule has 0 amide bonds. The predicted octanol–water partition coefficient (Wildman–Crippen LogP) is 3.93. The van der Waals surface area contributed by atoms with Crippen molar-refractivity contribution in [3.63, 3.8) is 0 Å². The SMILES string of the molecule is C(#Cc1ccc2ccccc2c1C#Cc1cnc(C2CCCN2)[nH]1)c1cnc(C2CCCN2)[nH]1. The molecule has 2 fully saturated rings. The fraction of sp³-hybridized carbons (Fsp3) is 0.286. The van der Waals surface area contributed by atoms with E-state index < -0.39 is 0 Å². The third-order valence-electron chi connectivity index (χ3n) is 6.55. The van der Waals surface area contributed by atoms with Crippen molar-refractivity contribution in [1.29, 1.82) is 0 Å². The molecule has 4 heterocycles. The maximum absolute atomic E-state index is 4.54. The molecule has 2 aromatic heterocycles. The first-order valence-corrected chi connectivity index (χ1v) is 12.0. The molecule has 4 N–H and O–H groups in total. The van der Waals surface area contributed by atoms with E-state index in [0.29, 0.717) is 12.1 Å². The Morgan fingerprint density at radius 3 is 2.00 bits per heavy atom. The van der Waals surface area contributed by atoms with E-state index in [-0.39, 0.29) is 0 Å². The van der Waals surface area contributed by atoms with Gasteiger partial charge in [-0.3, -0.25) is 0 Å². The summed E-state index contributed by atoms with van der Waals surface area (Å²) in [6.45, 7) is 2.08. The van der Waals surface area contributed by atoms with E-state index in [9.17, 15) is 0 Å². The molecule has 6 heteroatoms. The van der Waals surface area contributed by atoms with E-state index in [2.05, 4.69) is 78.5 Å². The molecule has 0 bridgehead atoms. The van der Waals surface area contributed by atoms with Crippen LogP contribution in [0.3, 0.4) is 0 Å². The van der Waals surface area contributed by atoms with Crippen LogP contribution in [0.25, 0.3) is 10.8 Å². The molecule has 2 atom stereocenters. The van der Waals surface area contributed by atoms with Crippen LogP contribution in [-0.4, -0.2) is 33.0 Å². The van der Waals surface area contributed by atoms with Crippen molar-refractivity contribution in [2.75, 3.05) is 13.1 Å². The van der Waals surface area contributed by atoms with E-state index in [0.717, 1.165) is 70.9 Å². The second-order valence-corrected chi connectivity index (χ2v) is 8.87. The van der Waals surface area contributed by atoms with Crippen LogP contribution >= 0.6 is 0 Å². The average molecular weight is 447 g/mol. The predicted molar refractivity (Wildman–Crippen MR) is 133 cm³/mol. The van der Waals surface area contributed by atoms with Gasteiger partial charge in [-0.1, -0.05) is 42.2 Å². The molecule has 0 aliphatic carbocycles. The molecular formula is C28H26N6. The lowest BCUT2D eigenvalue weighted by atomic mass is 9.99. The van der Waals surface area contributed by atoms with Gasteiger partial charge < -0.3 is 20.6 Å². The third-order valence-corrected chi connectivity index (χ3v) is 6.55. The first-order chi connectivity index (χ1) is 16.8. The molecular weight excluding hydrogens is 420 g/mol. The number of hydrogen-bond donors (Lipinski definition) is 4. The summed E-state index contributed by atoms with van der Waals surface area (Å²) in [5, 5.41) is 9.19. The summed E-state index contributed by atoms with van der Waals surface area (Å²) in [5.74, 6) is 15.2. The lowest BCUT2D eigenvalue weighted by Gasteiger charge is -2.05. The van der Waals surface area contributed by atoms with Crippen LogP contribution in [0.1, 0.15) is 71.9 Å². The van der Waals surface area contributed by atoms with Gasteiger partial charge >= 0.3 is 0 Å². The maximum Gasteiger partial charge on any atom is 0.124 e. The van der Waals surface area contributed by atoms with Crippen LogP contribution in [0.2, 0.25) is 0 Å². The van der Waals surface area contributed by atoms with Crippen LogP contribution < -0.4 is 10.6 Å². The second kappa shape index (κ2) is 9.19. The van der Waals surface area contributed by atoms with E-state index in [1.54, 1.807) is 0 Å². The zero-order valence-corrected chi connectivity index (χ0v) is 18.9. The van der Waals surface area contributed by atoms with E-state index in [1.807, 2.05) is 24.5 Å². The van der Waals surface area contributed by atoms with Crippen molar-refractivity contribution in [3.05, 3.63) is 83.0 Å². The lowest BCUT2D eigenvalue weighted by molar-refractivity contribution is 0.612. The topological polar surface area (TPSA) is 81.4 Å². The number of H-pyrrole nitrogens is 2. The molecule has 6 nitrogen and oxygen atoms in total. The van der Waals surface area contributed by atoms with Gasteiger partial charge in [-0.2, -0.15) is 0 Å². The number of imidazole rings is 2. The number of rotatable bonds is 2. The molecule has 2 saturated heterocycles. The molecule has 0 radical (unpaired) electrons. The summed E-state index contributed by atoms with van der Waals surface area (Å²) >= 11 is 0. The van der Waals surface area contributed by atoms with Crippen LogP contribution in [-0.2, 0) is 0 Å². The van der Waals surface area contributed by atoms with Crippen molar-refractivity contribution in [1.82, 2.24) is 30.6 Å². The molecule has 2 unspecified atom stereocenters. The van der Waals surface area contributed by atoms with Crippen molar-refractivity contribution < 1.29 is 0 Å². The van der Waals surface area contributed by atoms with Gasteiger partial charge in [0.1, 0.15) is 23.0 Å². The third kappa shape index (κ3) is 4.22. The Balaban J connectivity index is 1.33. The van der Waals surface area contributed by atoms with Gasteiger partial charge in [0.15, 0.2) is 0 Å². The summed E-state index contributed by atoms with van der Waals surface area (Å²) in [4.78, 5) is 15.8. The van der Waals surface area contributed by atoms with Crippen LogP contribution in [0.4, 0.5) is 0 Å². The molecule has 6 rings (SSSR count). The van der Waals surface area contributed by atoms with Gasteiger partial charge in [-0.15, -0.1) is 0 Å². The lowest BCUT2D eigenvalue weighted by Crippen LogP contribution is -2.14. The smallest absolute Gasteiger partial charge is 0.124 e. The zero-order valence-electron chi connectivity index (χ0n) is 18.9. The normalized spacial score (nSPS) is 19.5. The van der Waals surface area contributed by atoms with Gasteiger partial charge in [-0.05, 0) is 67.5 Å². The quantitative estimate of drug-likeness (QED) is 0.352. The fourth-order valence-corrected chi connectivity index (χ4v) is 4.77. The number of nitrogens with one attached hydrogen (secondary N) is 4. The Bertz CT molecular complexity index is 1440. The molecule has 2 aromatic carbocycles. The van der Waals surface area contributed by atoms with Crippen LogP contribution in [0.5, 0.6) is 0 Å². The number of aromatic nitrogens is 4. The largest absolute Gasteiger partial charge is 0.334 e. The number of hydrogen-bond acceptors (Lipinski definition) is 4. The minimum atomic E-state index is 0.299. The summed E-state index contributed by atoms with van der Waals surface area (Å²) in [5.41, 5.74) is 3.47. The summed E-state index contributed by atoms with van der Waals surface area (Å²) in [6, 6.07) is 13.1. The van der Waals surface area contributed by atoms with Crippen molar-refractivity contribution in [3.8, 4) is 23.7 Å². The highest BCUT2D eigenvalue weighted by atomic mass is 15.0. The van der Waals surface area contributed by atoms with Gasteiger partial charge in [0.25, 0.3) is 0 Å². The minimum Gasteiger partial charge on any atom is -0.334 e. The zero-order chi connectivity index (χ0) is 22.7. The Kier molecular flexibility index (Phi) is 5.61. The summed E-state index contributed by atoms with van der Waals surface area (Å²) in [7, 11) is 0. The Morgan fingerprint density at radius 2 is 1.35 bits per heavy atom. The van der Waals surface area contributed by atoms with Crippen molar-refractivity contribution >= 4 is 10.8 Å². The number of benzene rings is 2. The van der Waals surface area contributed by atoms with E-state index >= 15 is 0 Å². The van der Waals surface area contributed by atoms with E-state index in [4.69, 9.17) is 0 Å². The molecule has 4 aromatic rings. The second-order valence-electron chi connectivity index (χ2n) is 8.87. The van der Waals surface area contributed by atoms with Crippen molar-refractivity contribution in [2.24, 2.45) is 0 Å². The van der Waals surface area contributed by atoms with Gasteiger partial charge in [0.05, 0.1) is 24.5 Å². The monoisotopic (exact) mass is 446 g/mol. The molecule has 2 aliphatic rings. The highest BCUT2D eigenvalue weighted by molar-refractivity contribution is 5.90. The number of nitrogens with zero attached hydrogens (tertiary/aromatic N) is 2. The van der Waals surface area contributed by atoms with Crippen LogP contribution in [0, 0.1) is 23.7 Å². The minimum absolute atomic E-state index is 0.299. The molecule has 34 heavy (non-hydrogen) atoms. The van der Waals surface area contributed by atoms with Gasteiger partial charge in [0, 0.05) is 11.1 Å². The number of aromatic amines is 2. The van der Waals surface area contributed by atoms with Gasteiger partial charge in [-0.25, -0.2) is 9.97 Å². The molecule has 0 spiro atoms. The highest BCUT2D eigenvalue weighted by Crippen LogP contribution is 2.23.